The van der Waals surface area contributed by atoms with Gasteiger partial charge in [-0.15, -0.1) is 0 Å². The first-order valence-electron chi connectivity index (χ1n) is 9.87. The molecule has 1 saturated heterocycles. The molecule has 0 bridgehead atoms. The molecule has 2 aromatic heterocycles. The Morgan fingerprint density at radius 1 is 1.29 bits per heavy atom. The number of nitrogens with one attached hydrogen (secondary N) is 2. The van der Waals surface area contributed by atoms with E-state index in [1.165, 1.54) is 0 Å². The molecule has 0 unspecified atom stereocenters. The second-order valence-corrected chi connectivity index (χ2v) is 7.21. The van der Waals surface area contributed by atoms with Crippen LogP contribution >= 0.6 is 0 Å². The fourth-order valence-electron chi connectivity index (χ4n) is 3.61. The van der Waals surface area contributed by atoms with Gasteiger partial charge >= 0.3 is 11.7 Å². The number of nitrogens with zero attached hydrogens (tertiary/aromatic N) is 4. The van der Waals surface area contributed by atoms with Crippen molar-refractivity contribution in [2.75, 3.05) is 59.3 Å². The Bertz CT molecular complexity index is 811. The third-order valence-corrected chi connectivity index (χ3v) is 5.20. The Hall–Kier alpha value is -2.17. The number of nitrogens with two attached hydrogens (primary N) is 1. The molecule has 4 N–H and O–H groups in total. The molecule has 0 aromatic carbocycles. The van der Waals surface area contributed by atoms with Crippen LogP contribution in [0.1, 0.15) is 19.3 Å². The summed E-state index contributed by atoms with van der Waals surface area (Å²) >= 11 is 0. The number of aromatic nitrogens is 4. The normalized spacial score (nSPS) is 16.1. The van der Waals surface area contributed by atoms with Crippen LogP contribution in [0.4, 0.5) is 5.82 Å². The molecule has 28 heavy (non-hydrogen) atoms. The zero-order valence-electron chi connectivity index (χ0n) is 16.7. The van der Waals surface area contributed by atoms with Gasteiger partial charge in [0.2, 0.25) is 0 Å². The molecule has 10 heteroatoms. The predicted molar refractivity (Wildman–Crippen MR) is 108 cm³/mol. The average molecular weight is 393 g/mol. The van der Waals surface area contributed by atoms with E-state index in [4.69, 9.17) is 15.2 Å². The van der Waals surface area contributed by atoms with Gasteiger partial charge in [-0.3, -0.25) is 4.57 Å². The smallest absolute Gasteiger partial charge is 0.327 e. The van der Waals surface area contributed by atoms with Crippen molar-refractivity contribution in [2.45, 2.75) is 25.8 Å². The maximum Gasteiger partial charge on any atom is 0.327 e. The predicted octanol–water partition coefficient (Wildman–Crippen LogP) is 0.0485. The molecule has 1 fully saturated rings. The summed E-state index contributed by atoms with van der Waals surface area (Å²) in [4.78, 5) is 26.3. The summed E-state index contributed by atoms with van der Waals surface area (Å²) in [6, 6.07) is 0.161. The number of hydrogen-bond acceptors (Lipinski definition) is 8. The number of likely N-dealkylation sites (tertiary alicyclic amines) is 1. The van der Waals surface area contributed by atoms with Crippen molar-refractivity contribution in [1.82, 2.24) is 29.7 Å². The molecule has 156 valence electrons. The number of methoxy groups -OCH3 is 1. The molecular formula is C18H31N7O3. The van der Waals surface area contributed by atoms with E-state index in [9.17, 15) is 4.79 Å². The fraction of sp³-hybridized carbons (Fsp3) is 0.722. The van der Waals surface area contributed by atoms with Gasteiger partial charge in [-0.25, -0.2) is 4.79 Å². The van der Waals surface area contributed by atoms with Crippen LogP contribution in [0.5, 0.6) is 6.01 Å². The van der Waals surface area contributed by atoms with E-state index < -0.39 is 0 Å². The van der Waals surface area contributed by atoms with Crippen molar-refractivity contribution >= 4 is 17.0 Å². The minimum absolute atomic E-state index is 0.161. The molecule has 3 heterocycles. The Labute approximate surface area is 164 Å². The SMILES string of the molecule is CNCCCN1CCC(Cn2c(=O)[nH]c3c(N)nc(OCCOC)nc32)CC1. The minimum atomic E-state index is -0.207. The quantitative estimate of drug-likeness (QED) is 0.484. The Kier molecular flexibility index (Phi) is 7.24. The number of anilines is 1. The first-order valence-corrected chi connectivity index (χ1v) is 9.87. The van der Waals surface area contributed by atoms with E-state index in [-0.39, 0.29) is 17.5 Å². The van der Waals surface area contributed by atoms with Gasteiger partial charge in [-0.05, 0) is 58.4 Å². The molecule has 0 aliphatic carbocycles. The third-order valence-electron chi connectivity index (χ3n) is 5.20. The summed E-state index contributed by atoms with van der Waals surface area (Å²) in [5, 5.41) is 3.19. The van der Waals surface area contributed by atoms with Gasteiger partial charge in [0.25, 0.3) is 0 Å². The lowest BCUT2D eigenvalue weighted by atomic mass is 9.96. The standard InChI is InChI=1S/C18H31N7O3/c1-20-6-3-7-24-8-4-13(5-9-24)12-25-16-14(21-18(25)26)15(19)22-17(23-16)28-11-10-27-2/h13,20H,3-12H2,1-2H3,(H,21,26)(H2,19,22,23). The van der Waals surface area contributed by atoms with Gasteiger partial charge in [-0.1, -0.05) is 0 Å². The number of hydrogen-bond donors (Lipinski definition) is 3. The van der Waals surface area contributed by atoms with Crippen molar-refractivity contribution in [1.29, 1.82) is 0 Å². The highest BCUT2D eigenvalue weighted by molar-refractivity contribution is 5.81. The third kappa shape index (κ3) is 5.00. The van der Waals surface area contributed by atoms with E-state index in [2.05, 4.69) is 25.2 Å². The Balaban J connectivity index is 1.67. The molecular weight excluding hydrogens is 362 g/mol. The fourth-order valence-corrected chi connectivity index (χ4v) is 3.61. The summed E-state index contributed by atoms with van der Waals surface area (Å²) in [5.74, 6) is 0.652. The van der Waals surface area contributed by atoms with Gasteiger partial charge in [0.15, 0.2) is 11.5 Å². The maximum atomic E-state index is 12.5. The number of aromatic amines is 1. The molecule has 10 nitrogen and oxygen atoms in total. The summed E-state index contributed by atoms with van der Waals surface area (Å²) < 4.78 is 12.1. The van der Waals surface area contributed by atoms with E-state index in [0.29, 0.717) is 36.8 Å². The number of H-pyrrole nitrogens is 1. The lowest BCUT2D eigenvalue weighted by Gasteiger charge is -2.32. The monoisotopic (exact) mass is 393 g/mol. The van der Waals surface area contributed by atoms with Crippen LogP contribution in [0.2, 0.25) is 0 Å². The number of imidazole rings is 1. The lowest BCUT2D eigenvalue weighted by molar-refractivity contribution is 0.141. The van der Waals surface area contributed by atoms with Crippen LogP contribution in [0.25, 0.3) is 11.2 Å². The number of piperidine rings is 1. The van der Waals surface area contributed by atoms with Gasteiger partial charge in [-0.2, -0.15) is 9.97 Å². The second-order valence-electron chi connectivity index (χ2n) is 7.21. The lowest BCUT2D eigenvalue weighted by Crippen LogP contribution is -2.37. The van der Waals surface area contributed by atoms with Crippen molar-refractivity contribution in [3.63, 3.8) is 0 Å². The summed E-state index contributed by atoms with van der Waals surface area (Å²) in [6.07, 6.45) is 3.29. The molecule has 0 atom stereocenters. The molecule has 0 radical (unpaired) electrons. The highest BCUT2D eigenvalue weighted by atomic mass is 16.5. The van der Waals surface area contributed by atoms with E-state index in [1.807, 2.05) is 7.05 Å². The number of ether oxygens (including phenoxy) is 2. The second kappa shape index (κ2) is 9.85. The van der Waals surface area contributed by atoms with Gasteiger partial charge in [0.05, 0.1) is 6.61 Å². The largest absolute Gasteiger partial charge is 0.461 e. The summed E-state index contributed by atoms with van der Waals surface area (Å²) in [5.41, 5.74) is 6.76. The van der Waals surface area contributed by atoms with Crippen molar-refractivity contribution < 1.29 is 9.47 Å². The molecule has 0 spiro atoms. The number of rotatable bonds is 10. The highest BCUT2D eigenvalue weighted by Gasteiger charge is 2.22. The van der Waals surface area contributed by atoms with Crippen LogP contribution in [0.3, 0.4) is 0 Å². The van der Waals surface area contributed by atoms with Crippen molar-refractivity contribution in [3.8, 4) is 6.01 Å². The highest BCUT2D eigenvalue weighted by Crippen LogP contribution is 2.22. The molecule has 1 aliphatic rings. The average Bonchev–Trinajstić information content (AvgIpc) is 3.00. The van der Waals surface area contributed by atoms with Crippen molar-refractivity contribution in [3.05, 3.63) is 10.5 Å². The maximum absolute atomic E-state index is 12.5. The van der Waals surface area contributed by atoms with Crippen LogP contribution in [0.15, 0.2) is 4.79 Å². The molecule has 0 amide bonds. The number of nitrogen functional groups attached to an aromatic ring is 1. The van der Waals surface area contributed by atoms with Gasteiger partial charge < -0.3 is 30.4 Å². The Morgan fingerprint density at radius 2 is 2.07 bits per heavy atom. The van der Waals surface area contributed by atoms with Crippen LogP contribution in [-0.2, 0) is 11.3 Å². The molecule has 1 aliphatic heterocycles. The molecule has 0 saturated carbocycles. The zero-order valence-corrected chi connectivity index (χ0v) is 16.7. The minimum Gasteiger partial charge on any atom is -0.461 e. The van der Waals surface area contributed by atoms with E-state index in [0.717, 1.165) is 45.4 Å². The first-order chi connectivity index (χ1) is 13.6. The number of fused-ring (bicyclic) bond motifs is 1. The van der Waals surface area contributed by atoms with Crippen LogP contribution in [-0.4, -0.2) is 78.0 Å². The van der Waals surface area contributed by atoms with Crippen LogP contribution in [0, 0.1) is 5.92 Å². The summed E-state index contributed by atoms with van der Waals surface area (Å²) in [7, 11) is 3.58. The van der Waals surface area contributed by atoms with Gasteiger partial charge in [0.1, 0.15) is 12.1 Å². The van der Waals surface area contributed by atoms with E-state index >= 15 is 0 Å². The van der Waals surface area contributed by atoms with E-state index in [1.54, 1.807) is 11.7 Å². The van der Waals surface area contributed by atoms with Gasteiger partial charge in [0, 0.05) is 13.7 Å². The van der Waals surface area contributed by atoms with Crippen molar-refractivity contribution in [2.24, 2.45) is 5.92 Å². The summed E-state index contributed by atoms with van der Waals surface area (Å²) in [6.45, 7) is 5.66. The topological polar surface area (TPSA) is 123 Å². The van der Waals surface area contributed by atoms with Crippen LogP contribution < -0.4 is 21.5 Å². The molecule has 2 aromatic rings. The molecule has 3 rings (SSSR count). The zero-order chi connectivity index (χ0) is 19.9. The first kappa shape index (κ1) is 20.6. The Morgan fingerprint density at radius 3 is 2.79 bits per heavy atom.